The van der Waals surface area contributed by atoms with Gasteiger partial charge in [0, 0.05) is 18.7 Å². The van der Waals surface area contributed by atoms with Crippen LogP contribution < -0.4 is 10.2 Å². The lowest BCUT2D eigenvalue weighted by molar-refractivity contribution is -0.118. The number of aliphatic hydroxyl groups excluding tert-OH is 1. The normalized spacial score (nSPS) is 16.8. The Bertz CT molecular complexity index is 474. The van der Waals surface area contributed by atoms with Crippen LogP contribution in [0.1, 0.15) is 32.3 Å². The summed E-state index contributed by atoms with van der Waals surface area (Å²) in [4.78, 5) is 14.0. The van der Waals surface area contributed by atoms with Crippen LogP contribution in [0.4, 0.5) is 5.69 Å². The largest absolute Gasteiger partial charge is 0.390 e. The molecule has 1 atom stereocenters. The Morgan fingerprint density at radius 2 is 2.00 bits per heavy atom. The van der Waals surface area contributed by atoms with Gasteiger partial charge in [0.25, 0.3) is 0 Å². The lowest BCUT2D eigenvalue weighted by atomic mass is 10.1. The van der Waals surface area contributed by atoms with Crippen molar-refractivity contribution in [1.82, 2.24) is 5.32 Å². The fourth-order valence-electron chi connectivity index (χ4n) is 2.70. The van der Waals surface area contributed by atoms with Crippen molar-refractivity contribution < 1.29 is 9.90 Å². The van der Waals surface area contributed by atoms with Crippen molar-refractivity contribution in [1.29, 1.82) is 0 Å². The maximum atomic E-state index is 12.3. The van der Waals surface area contributed by atoms with Crippen molar-refractivity contribution in [2.75, 3.05) is 24.5 Å². The number of carbonyl (C=O) groups is 1. The SMILES string of the molecule is CC(C)CNCC(O)CN1C(=O)CCCc2ccccc21. The molecular weight excluding hydrogens is 264 g/mol. The van der Waals surface area contributed by atoms with E-state index in [-0.39, 0.29) is 5.91 Å². The number of nitrogens with one attached hydrogen (secondary N) is 1. The summed E-state index contributed by atoms with van der Waals surface area (Å²) in [7, 11) is 0. The van der Waals surface area contributed by atoms with Crippen molar-refractivity contribution in [3.05, 3.63) is 29.8 Å². The van der Waals surface area contributed by atoms with E-state index < -0.39 is 6.10 Å². The minimum atomic E-state index is -0.543. The number of rotatable bonds is 6. The number of anilines is 1. The third kappa shape index (κ3) is 4.55. The lowest BCUT2D eigenvalue weighted by Crippen LogP contribution is -2.42. The number of amides is 1. The molecule has 0 saturated heterocycles. The molecule has 0 bridgehead atoms. The van der Waals surface area contributed by atoms with Gasteiger partial charge in [-0.25, -0.2) is 0 Å². The van der Waals surface area contributed by atoms with Gasteiger partial charge in [-0.15, -0.1) is 0 Å². The van der Waals surface area contributed by atoms with Gasteiger partial charge in [-0.05, 0) is 36.9 Å². The van der Waals surface area contributed by atoms with E-state index in [1.165, 1.54) is 5.56 Å². The molecule has 4 nitrogen and oxygen atoms in total. The van der Waals surface area contributed by atoms with Crippen LogP contribution in [0.2, 0.25) is 0 Å². The third-order valence-corrected chi connectivity index (χ3v) is 3.75. The van der Waals surface area contributed by atoms with Crippen LogP contribution in [0.5, 0.6) is 0 Å². The van der Waals surface area contributed by atoms with E-state index in [0.29, 0.717) is 25.4 Å². The van der Waals surface area contributed by atoms with Crippen molar-refractivity contribution in [2.45, 2.75) is 39.2 Å². The monoisotopic (exact) mass is 290 g/mol. The van der Waals surface area contributed by atoms with E-state index in [4.69, 9.17) is 0 Å². The van der Waals surface area contributed by atoms with Gasteiger partial charge >= 0.3 is 0 Å². The first-order valence-corrected chi connectivity index (χ1v) is 7.85. The van der Waals surface area contributed by atoms with Crippen LogP contribution in [-0.2, 0) is 11.2 Å². The second-order valence-corrected chi connectivity index (χ2v) is 6.19. The molecule has 0 spiro atoms. The average molecular weight is 290 g/mol. The summed E-state index contributed by atoms with van der Waals surface area (Å²) >= 11 is 0. The first kappa shape index (κ1) is 16.0. The van der Waals surface area contributed by atoms with Gasteiger partial charge in [-0.3, -0.25) is 4.79 Å². The van der Waals surface area contributed by atoms with E-state index in [9.17, 15) is 9.90 Å². The van der Waals surface area contributed by atoms with Gasteiger partial charge in [-0.1, -0.05) is 32.0 Å². The van der Waals surface area contributed by atoms with Crippen LogP contribution in [-0.4, -0.2) is 36.8 Å². The molecule has 2 rings (SSSR count). The highest BCUT2D eigenvalue weighted by Gasteiger charge is 2.23. The second kappa shape index (κ2) is 7.57. The Morgan fingerprint density at radius 1 is 1.24 bits per heavy atom. The van der Waals surface area contributed by atoms with Crippen molar-refractivity contribution >= 4 is 11.6 Å². The smallest absolute Gasteiger partial charge is 0.227 e. The molecular formula is C17H26N2O2. The Labute approximate surface area is 127 Å². The van der Waals surface area contributed by atoms with E-state index in [0.717, 1.165) is 25.1 Å². The summed E-state index contributed by atoms with van der Waals surface area (Å²) in [6, 6.07) is 8.01. The minimum Gasteiger partial charge on any atom is -0.390 e. The van der Waals surface area contributed by atoms with Crippen molar-refractivity contribution in [3.8, 4) is 0 Å². The summed E-state index contributed by atoms with van der Waals surface area (Å²) in [5.41, 5.74) is 2.16. The number of para-hydroxylation sites is 1. The highest BCUT2D eigenvalue weighted by molar-refractivity contribution is 5.94. The molecule has 1 amide bonds. The molecule has 21 heavy (non-hydrogen) atoms. The number of carbonyl (C=O) groups excluding carboxylic acids is 1. The number of hydrogen-bond acceptors (Lipinski definition) is 3. The van der Waals surface area contributed by atoms with Gasteiger partial charge in [0.1, 0.15) is 0 Å². The van der Waals surface area contributed by atoms with Gasteiger partial charge in [0.05, 0.1) is 12.6 Å². The average Bonchev–Trinajstić information content (AvgIpc) is 2.59. The Hall–Kier alpha value is -1.39. The summed E-state index contributed by atoms with van der Waals surface area (Å²) in [5.74, 6) is 0.667. The van der Waals surface area contributed by atoms with Crippen molar-refractivity contribution in [2.24, 2.45) is 5.92 Å². The van der Waals surface area contributed by atoms with E-state index in [1.54, 1.807) is 4.90 Å². The zero-order chi connectivity index (χ0) is 15.2. The maximum Gasteiger partial charge on any atom is 0.227 e. The summed E-state index contributed by atoms with van der Waals surface area (Å²) < 4.78 is 0. The fraction of sp³-hybridized carbons (Fsp3) is 0.588. The minimum absolute atomic E-state index is 0.114. The van der Waals surface area contributed by atoms with E-state index in [2.05, 4.69) is 25.2 Å². The number of benzene rings is 1. The van der Waals surface area contributed by atoms with Crippen LogP contribution in [0.25, 0.3) is 0 Å². The predicted octanol–water partition coefficient (Wildman–Crippen LogP) is 1.96. The fourth-order valence-corrected chi connectivity index (χ4v) is 2.70. The molecule has 0 fully saturated rings. The molecule has 2 N–H and O–H groups in total. The van der Waals surface area contributed by atoms with Crippen molar-refractivity contribution in [3.63, 3.8) is 0 Å². The molecule has 0 aromatic heterocycles. The molecule has 0 aliphatic carbocycles. The Kier molecular flexibility index (Phi) is 5.76. The Balaban J connectivity index is 2.01. The molecule has 0 radical (unpaired) electrons. The number of aryl methyl sites for hydroxylation is 1. The van der Waals surface area contributed by atoms with Gasteiger partial charge in [-0.2, -0.15) is 0 Å². The van der Waals surface area contributed by atoms with Gasteiger partial charge < -0.3 is 15.3 Å². The molecule has 1 aromatic carbocycles. The summed E-state index contributed by atoms with van der Waals surface area (Å²) in [6.45, 7) is 6.02. The number of hydrogen-bond donors (Lipinski definition) is 2. The number of nitrogens with zero attached hydrogens (tertiary/aromatic N) is 1. The quantitative estimate of drug-likeness (QED) is 0.842. The summed E-state index contributed by atoms with van der Waals surface area (Å²) in [6.07, 6.45) is 1.83. The van der Waals surface area contributed by atoms with Crippen LogP contribution in [0.3, 0.4) is 0 Å². The molecule has 1 unspecified atom stereocenters. The molecule has 4 heteroatoms. The zero-order valence-electron chi connectivity index (χ0n) is 13.0. The maximum absolute atomic E-state index is 12.3. The van der Waals surface area contributed by atoms with E-state index in [1.807, 2.05) is 18.2 Å². The molecule has 1 aliphatic rings. The van der Waals surface area contributed by atoms with Gasteiger partial charge in [0.15, 0.2) is 0 Å². The predicted molar refractivity (Wildman–Crippen MR) is 85.4 cm³/mol. The van der Waals surface area contributed by atoms with Gasteiger partial charge in [0.2, 0.25) is 5.91 Å². The lowest BCUT2D eigenvalue weighted by Gasteiger charge is -2.26. The molecule has 1 aromatic rings. The van der Waals surface area contributed by atoms with E-state index >= 15 is 0 Å². The highest BCUT2D eigenvalue weighted by atomic mass is 16.3. The number of aliphatic hydroxyl groups is 1. The second-order valence-electron chi connectivity index (χ2n) is 6.19. The molecule has 1 aliphatic heterocycles. The summed E-state index contributed by atoms with van der Waals surface area (Å²) in [5, 5.41) is 13.4. The topological polar surface area (TPSA) is 52.6 Å². The molecule has 1 heterocycles. The number of β-amino-alcohol motifs (C(OH)–C–C–N with tert-alkyl or cyclic N) is 1. The Morgan fingerprint density at radius 3 is 2.76 bits per heavy atom. The molecule has 0 saturated carbocycles. The number of fused-ring (bicyclic) bond motifs is 1. The first-order valence-electron chi connectivity index (χ1n) is 7.85. The molecule has 116 valence electrons. The highest BCUT2D eigenvalue weighted by Crippen LogP contribution is 2.26. The third-order valence-electron chi connectivity index (χ3n) is 3.75. The van der Waals surface area contributed by atoms with Crippen LogP contribution >= 0.6 is 0 Å². The van der Waals surface area contributed by atoms with Crippen LogP contribution in [0, 0.1) is 5.92 Å². The zero-order valence-corrected chi connectivity index (χ0v) is 13.0. The van der Waals surface area contributed by atoms with Crippen LogP contribution in [0.15, 0.2) is 24.3 Å². The first-order chi connectivity index (χ1) is 10.1. The standard InChI is InChI=1S/C17H26N2O2/c1-13(2)10-18-11-15(20)12-19-16-8-4-3-6-14(16)7-5-9-17(19)21/h3-4,6,8,13,15,18,20H,5,7,9-12H2,1-2H3.